The van der Waals surface area contributed by atoms with Gasteiger partial charge < -0.3 is 10.1 Å². The quantitative estimate of drug-likeness (QED) is 0.671. The highest BCUT2D eigenvalue weighted by atomic mass is 16.6. The first kappa shape index (κ1) is 9.58. The Kier molecular flexibility index (Phi) is 3.31. The number of alkyl carbamates (subject to hydrolysis) is 1. The van der Waals surface area contributed by atoms with Gasteiger partial charge in [-0.1, -0.05) is 30.9 Å². The zero-order chi connectivity index (χ0) is 9.68. The Morgan fingerprint density at radius 3 is 3.00 bits per heavy atom. The third kappa shape index (κ3) is 2.47. The van der Waals surface area contributed by atoms with Crippen molar-refractivity contribution >= 4 is 6.09 Å². The highest BCUT2D eigenvalue weighted by Crippen LogP contribution is 2.12. The molecule has 1 rings (SSSR count). The third-order valence-electron chi connectivity index (χ3n) is 1.72. The van der Waals surface area contributed by atoms with Gasteiger partial charge in [-0.3, -0.25) is 0 Å². The standard InChI is InChI=1S/C10H13NO2/c1-3-5-8(6-4-2)9-7-11-10(12)13-9/h3-6,9H,1,7H2,2H3,(H,11,12)/b6-4-,8-5+/t9-/m1/s1. The van der Waals surface area contributed by atoms with Gasteiger partial charge in [-0.25, -0.2) is 4.79 Å². The van der Waals surface area contributed by atoms with E-state index in [1.54, 1.807) is 6.08 Å². The van der Waals surface area contributed by atoms with Crippen LogP contribution in [-0.2, 0) is 4.74 Å². The summed E-state index contributed by atoms with van der Waals surface area (Å²) >= 11 is 0. The van der Waals surface area contributed by atoms with Crippen LogP contribution in [0.4, 0.5) is 4.79 Å². The normalized spacial score (nSPS) is 23.0. The molecule has 0 aromatic heterocycles. The number of amides is 1. The summed E-state index contributed by atoms with van der Waals surface area (Å²) in [5, 5.41) is 2.60. The van der Waals surface area contributed by atoms with E-state index in [4.69, 9.17) is 4.74 Å². The lowest BCUT2D eigenvalue weighted by Gasteiger charge is -2.07. The summed E-state index contributed by atoms with van der Waals surface area (Å²) in [5.41, 5.74) is 0.954. The molecule has 1 saturated heterocycles. The van der Waals surface area contributed by atoms with E-state index in [2.05, 4.69) is 11.9 Å². The van der Waals surface area contributed by atoms with E-state index < -0.39 is 0 Å². The predicted molar refractivity (Wildman–Crippen MR) is 51.4 cm³/mol. The van der Waals surface area contributed by atoms with Crippen molar-refractivity contribution in [3.8, 4) is 0 Å². The zero-order valence-electron chi connectivity index (χ0n) is 7.62. The second kappa shape index (κ2) is 4.50. The molecule has 1 aliphatic heterocycles. The van der Waals surface area contributed by atoms with Crippen LogP contribution < -0.4 is 5.32 Å². The maximum absolute atomic E-state index is 10.8. The van der Waals surface area contributed by atoms with Gasteiger partial charge >= 0.3 is 6.09 Å². The molecule has 1 aliphatic rings. The maximum atomic E-state index is 10.8. The topological polar surface area (TPSA) is 38.3 Å². The summed E-state index contributed by atoms with van der Waals surface area (Å²) in [6, 6.07) is 0. The molecule has 1 fully saturated rings. The molecule has 3 nitrogen and oxygen atoms in total. The molecular weight excluding hydrogens is 166 g/mol. The molecule has 1 amide bonds. The molecule has 0 spiro atoms. The van der Waals surface area contributed by atoms with Crippen molar-refractivity contribution in [1.82, 2.24) is 5.32 Å². The number of hydrogen-bond acceptors (Lipinski definition) is 2. The first-order chi connectivity index (χ1) is 6.27. The van der Waals surface area contributed by atoms with Crippen molar-refractivity contribution in [3.05, 3.63) is 36.5 Å². The van der Waals surface area contributed by atoms with E-state index in [1.165, 1.54) is 0 Å². The third-order valence-corrected chi connectivity index (χ3v) is 1.72. The van der Waals surface area contributed by atoms with Gasteiger partial charge in [0.25, 0.3) is 0 Å². The van der Waals surface area contributed by atoms with Gasteiger partial charge in [0.05, 0.1) is 6.54 Å². The zero-order valence-corrected chi connectivity index (χ0v) is 7.62. The molecule has 1 atom stereocenters. The van der Waals surface area contributed by atoms with Crippen molar-refractivity contribution < 1.29 is 9.53 Å². The Bertz CT molecular complexity index is 266. The number of rotatable bonds is 3. The van der Waals surface area contributed by atoms with Crippen LogP contribution in [-0.4, -0.2) is 18.7 Å². The number of carbonyl (C=O) groups excluding carboxylic acids is 1. The van der Waals surface area contributed by atoms with Crippen molar-refractivity contribution in [2.45, 2.75) is 13.0 Å². The molecule has 0 aromatic carbocycles. The van der Waals surface area contributed by atoms with Gasteiger partial charge in [-0.05, 0) is 12.5 Å². The van der Waals surface area contributed by atoms with Gasteiger partial charge in [-0.2, -0.15) is 0 Å². The first-order valence-electron chi connectivity index (χ1n) is 4.17. The van der Waals surface area contributed by atoms with E-state index >= 15 is 0 Å². The van der Waals surface area contributed by atoms with Gasteiger partial charge in [0, 0.05) is 0 Å². The number of carbonyl (C=O) groups is 1. The molecule has 0 unspecified atom stereocenters. The SMILES string of the molecule is C=C/C=C(\C=C/C)[C@H]1CNC(=O)O1. The van der Waals surface area contributed by atoms with Crippen LogP contribution in [0, 0.1) is 0 Å². The van der Waals surface area contributed by atoms with E-state index in [0.717, 1.165) is 5.57 Å². The molecule has 0 radical (unpaired) electrons. The fourth-order valence-electron chi connectivity index (χ4n) is 1.17. The van der Waals surface area contributed by atoms with E-state index in [-0.39, 0.29) is 12.2 Å². The van der Waals surface area contributed by atoms with Crippen LogP contribution >= 0.6 is 0 Å². The van der Waals surface area contributed by atoms with Crippen LogP contribution in [0.1, 0.15) is 6.92 Å². The predicted octanol–water partition coefficient (Wildman–Crippen LogP) is 1.78. The van der Waals surface area contributed by atoms with Crippen molar-refractivity contribution in [3.63, 3.8) is 0 Å². The Morgan fingerprint density at radius 1 is 1.77 bits per heavy atom. The minimum absolute atomic E-state index is 0.179. The lowest BCUT2D eigenvalue weighted by atomic mass is 10.1. The fourth-order valence-corrected chi connectivity index (χ4v) is 1.17. The Labute approximate surface area is 77.8 Å². The number of ether oxygens (including phenoxy) is 1. The molecule has 13 heavy (non-hydrogen) atoms. The summed E-state index contributed by atoms with van der Waals surface area (Å²) in [5.74, 6) is 0. The Balaban J connectivity index is 2.71. The Morgan fingerprint density at radius 2 is 2.54 bits per heavy atom. The van der Waals surface area contributed by atoms with Crippen LogP contribution in [0.3, 0.4) is 0 Å². The summed E-state index contributed by atoms with van der Waals surface area (Å²) < 4.78 is 5.01. The first-order valence-corrected chi connectivity index (χ1v) is 4.17. The van der Waals surface area contributed by atoms with Crippen LogP contribution in [0.25, 0.3) is 0 Å². The number of hydrogen-bond donors (Lipinski definition) is 1. The van der Waals surface area contributed by atoms with Crippen LogP contribution in [0.15, 0.2) is 36.5 Å². The molecule has 0 aliphatic carbocycles. The van der Waals surface area contributed by atoms with Crippen molar-refractivity contribution in [2.24, 2.45) is 0 Å². The van der Waals surface area contributed by atoms with Gasteiger partial charge in [-0.15, -0.1) is 0 Å². The number of cyclic esters (lactones) is 1. The van der Waals surface area contributed by atoms with Crippen molar-refractivity contribution in [1.29, 1.82) is 0 Å². The van der Waals surface area contributed by atoms with E-state index in [0.29, 0.717) is 6.54 Å². The van der Waals surface area contributed by atoms with Crippen LogP contribution in [0.5, 0.6) is 0 Å². The van der Waals surface area contributed by atoms with E-state index in [1.807, 2.05) is 25.2 Å². The molecule has 70 valence electrons. The van der Waals surface area contributed by atoms with Gasteiger partial charge in [0.15, 0.2) is 0 Å². The summed E-state index contributed by atoms with van der Waals surface area (Å²) in [7, 11) is 0. The van der Waals surface area contributed by atoms with Crippen molar-refractivity contribution in [2.75, 3.05) is 6.54 Å². The maximum Gasteiger partial charge on any atom is 0.407 e. The Hall–Kier alpha value is -1.51. The highest BCUT2D eigenvalue weighted by Gasteiger charge is 2.24. The van der Waals surface area contributed by atoms with E-state index in [9.17, 15) is 4.79 Å². The number of allylic oxidation sites excluding steroid dienone is 3. The fraction of sp³-hybridized carbons (Fsp3) is 0.300. The molecule has 3 heteroatoms. The molecular formula is C10H13NO2. The molecule has 1 N–H and O–H groups in total. The van der Waals surface area contributed by atoms with Gasteiger partial charge in [0.1, 0.15) is 6.10 Å². The lowest BCUT2D eigenvalue weighted by molar-refractivity contribution is 0.155. The minimum atomic E-state index is -0.357. The smallest absolute Gasteiger partial charge is 0.407 e. The highest BCUT2D eigenvalue weighted by molar-refractivity contribution is 5.70. The summed E-state index contributed by atoms with van der Waals surface area (Å²) in [4.78, 5) is 10.8. The average Bonchev–Trinajstić information content (AvgIpc) is 2.51. The molecule has 1 heterocycles. The summed E-state index contributed by atoms with van der Waals surface area (Å²) in [6.45, 7) is 6.05. The lowest BCUT2D eigenvalue weighted by Crippen LogP contribution is -2.16. The largest absolute Gasteiger partial charge is 0.439 e. The summed E-state index contributed by atoms with van der Waals surface area (Å²) in [6.07, 6.45) is 6.80. The van der Waals surface area contributed by atoms with Gasteiger partial charge in [0.2, 0.25) is 0 Å². The number of nitrogens with one attached hydrogen (secondary N) is 1. The molecule has 0 bridgehead atoms. The van der Waals surface area contributed by atoms with Crippen LogP contribution in [0.2, 0.25) is 0 Å². The second-order valence-electron chi connectivity index (χ2n) is 2.68. The molecule has 0 aromatic rings. The monoisotopic (exact) mass is 179 g/mol. The average molecular weight is 179 g/mol. The molecule has 0 saturated carbocycles. The minimum Gasteiger partial charge on any atom is -0.439 e. The second-order valence-corrected chi connectivity index (χ2v) is 2.68.